The Morgan fingerprint density at radius 3 is 2.51 bits per heavy atom. The highest BCUT2D eigenvalue weighted by Crippen LogP contribution is 2.44. The first-order valence-electron chi connectivity index (χ1n) is 11.2. The lowest BCUT2D eigenvalue weighted by molar-refractivity contribution is -0.132. The van der Waals surface area contributed by atoms with Crippen LogP contribution in [0.25, 0.3) is 5.76 Å². The Kier molecular flexibility index (Phi) is 7.48. The highest BCUT2D eigenvalue weighted by atomic mass is 79.9. The molecule has 2 heterocycles. The number of hydrogen-bond donors (Lipinski definition) is 1. The number of aliphatic hydroxyl groups excluding tert-OH is 1. The number of thioether (sulfide) groups is 1. The molecule has 1 fully saturated rings. The Bertz CT molecular complexity index is 1520. The molecule has 3 aromatic carbocycles. The number of halogens is 2. The van der Waals surface area contributed by atoms with E-state index in [2.05, 4.69) is 26.1 Å². The molecule has 0 spiro atoms. The fourth-order valence-corrected chi connectivity index (χ4v) is 6.34. The van der Waals surface area contributed by atoms with Gasteiger partial charge in [0.1, 0.15) is 5.76 Å². The third-order valence-electron chi connectivity index (χ3n) is 5.81. The first-order chi connectivity index (χ1) is 17.8. The minimum atomic E-state index is -0.860. The van der Waals surface area contributed by atoms with E-state index in [4.69, 9.17) is 11.6 Å². The van der Waals surface area contributed by atoms with Crippen molar-refractivity contribution in [1.29, 1.82) is 0 Å². The van der Waals surface area contributed by atoms with E-state index in [-0.39, 0.29) is 16.5 Å². The average Bonchev–Trinajstić information content (AvgIpc) is 3.46. The van der Waals surface area contributed by atoms with Crippen LogP contribution in [0.4, 0.5) is 5.13 Å². The van der Waals surface area contributed by atoms with Crippen molar-refractivity contribution in [3.8, 4) is 0 Å². The van der Waals surface area contributed by atoms with E-state index < -0.39 is 17.7 Å². The van der Waals surface area contributed by atoms with Crippen molar-refractivity contribution in [2.75, 3.05) is 4.90 Å². The first kappa shape index (κ1) is 25.7. The number of carbonyl (C=O) groups is 2. The van der Waals surface area contributed by atoms with Gasteiger partial charge in [-0.2, -0.15) is 0 Å². The highest BCUT2D eigenvalue weighted by molar-refractivity contribution is 9.10. The molecule has 1 amide bonds. The first-order valence-corrected chi connectivity index (χ1v) is 14.1. The summed E-state index contributed by atoms with van der Waals surface area (Å²) >= 11 is 12.1. The van der Waals surface area contributed by atoms with Crippen LogP contribution in [-0.2, 0) is 15.3 Å². The number of carbonyl (C=O) groups excluding carboxylic acids is 2. The largest absolute Gasteiger partial charge is 0.507 e. The molecule has 37 heavy (non-hydrogen) atoms. The summed E-state index contributed by atoms with van der Waals surface area (Å²) in [5.41, 5.74) is 3.21. The summed E-state index contributed by atoms with van der Waals surface area (Å²) in [6.07, 6.45) is 0. The van der Waals surface area contributed by atoms with Gasteiger partial charge in [-0.25, -0.2) is 0 Å². The molecule has 1 atom stereocenters. The predicted molar refractivity (Wildman–Crippen MR) is 151 cm³/mol. The molecule has 1 aromatic heterocycles. The van der Waals surface area contributed by atoms with Crippen molar-refractivity contribution in [1.82, 2.24) is 10.2 Å². The van der Waals surface area contributed by atoms with Crippen LogP contribution in [0.15, 0.2) is 87.2 Å². The fourth-order valence-electron chi connectivity index (χ4n) is 3.97. The van der Waals surface area contributed by atoms with Gasteiger partial charge in [-0.3, -0.25) is 14.5 Å². The zero-order valence-electron chi connectivity index (χ0n) is 19.4. The number of ketones is 1. The van der Waals surface area contributed by atoms with Crippen molar-refractivity contribution < 1.29 is 14.7 Å². The summed E-state index contributed by atoms with van der Waals surface area (Å²) in [4.78, 5) is 28.0. The van der Waals surface area contributed by atoms with Gasteiger partial charge in [0.25, 0.3) is 5.78 Å². The lowest BCUT2D eigenvalue weighted by atomic mass is 9.95. The summed E-state index contributed by atoms with van der Waals surface area (Å²) in [7, 11) is 0. The number of aliphatic hydroxyl groups is 1. The van der Waals surface area contributed by atoms with Gasteiger partial charge in [0.15, 0.2) is 4.34 Å². The fraction of sp³-hybridized carbons (Fsp3) is 0.111. The lowest BCUT2D eigenvalue weighted by Crippen LogP contribution is -2.29. The Morgan fingerprint density at radius 1 is 1.08 bits per heavy atom. The van der Waals surface area contributed by atoms with Gasteiger partial charge in [0.2, 0.25) is 5.13 Å². The summed E-state index contributed by atoms with van der Waals surface area (Å²) in [5, 5.41) is 20.7. The van der Waals surface area contributed by atoms with Gasteiger partial charge in [0.05, 0.1) is 11.6 Å². The number of benzene rings is 3. The molecule has 0 radical (unpaired) electrons. The minimum absolute atomic E-state index is 0.0116. The molecule has 1 aliphatic heterocycles. The summed E-state index contributed by atoms with van der Waals surface area (Å²) in [6, 6.07) is 21.1. The summed E-state index contributed by atoms with van der Waals surface area (Å²) < 4.78 is 1.43. The molecule has 1 aliphatic rings. The number of anilines is 1. The molecule has 0 aliphatic carbocycles. The molecule has 5 rings (SSSR count). The van der Waals surface area contributed by atoms with Crippen LogP contribution in [0, 0.1) is 6.92 Å². The number of amides is 1. The second-order valence-corrected chi connectivity index (χ2v) is 11.9. The molecule has 0 saturated carbocycles. The zero-order chi connectivity index (χ0) is 26.1. The smallest absolute Gasteiger partial charge is 0.301 e. The predicted octanol–water partition coefficient (Wildman–Crippen LogP) is 7.18. The normalized spacial score (nSPS) is 16.9. The lowest BCUT2D eigenvalue weighted by Gasteiger charge is -2.22. The quantitative estimate of drug-likeness (QED) is 0.0817. The highest BCUT2D eigenvalue weighted by Gasteiger charge is 2.48. The van der Waals surface area contributed by atoms with Crippen LogP contribution in [0.5, 0.6) is 0 Å². The van der Waals surface area contributed by atoms with E-state index in [1.807, 2.05) is 67.6 Å². The van der Waals surface area contributed by atoms with Crippen LogP contribution in [-0.4, -0.2) is 27.0 Å². The number of rotatable bonds is 6. The zero-order valence-corrected chi connectivity index (χ0v) is 23.4. The van der Waals surface area contributed by atoms with Crippen LogP contribution < -0.4 is 4.90 Å². The van der Waals surface area contributed by atoms with Crippen LogP contribution in [0.2, 0.25) is 5.02 Å². The average molecular weight is 613 g/mol. The molecular weight excluding hydrogens is 594 g/mol. The van der Waals surface area contributed by atoms with Crippen molar-refractivity contribution in [2.45, 2.75) is 23.1 Å². The van der Waals surface area contributed by atoms with Gasteiger partial charge in [0, 0.05) is 20.8 Å². The molecule has 4 aromatic rings. The van der Waals surface area contributed by atoms with E-state index in [0.29, 0.717) is 26.2 Å². The second-order valence-electron chi connectivity index (χ2n) is 8.36. The van der Waals surface area contributed by atoms with Crippen molar-refractivity contribution >= 4 is 73.2 Å². The molecule has 1 saturated heterocycles. The van der Waals surface area contributed by atoms with Crippen molar-refractivity contribution in [3.05, 3.63) is 110 Å². The Hall–Kier alpha value is -2.98. The number of aromatic nitrogens is 2. The maximum Gasteiger partial charge on any atom is 0.301 e. The third kappa shape index (κ3) is 5.36. The second kappa shape index (κ2) is 10.8. The molecule has 0 bridgehead atoms. The Morgan fingerprint density at radius 2 is 1.81 bits per heavy atom. The molecule has 6 nitrogen and oxygen atoms in total. The number of Topliss-reactive ketones (excluding diaryl/α,β-unsaturated/α-hetero) is 1. The maximum absolute atomic E-state index is 13.3. The van der Waals surface area contributed by atoms with Gasteiger partial charge in [-0.1, -0.05) is 105 Å². The van der Waals surface area contributed by atoms with Crippen molar-refractivity contribution in [3.63, 3.8) is 0 Å². The van der Waals surface area contributed by atoms with Crippen LogP contribution in [0.3, 0.4) is 0 Å². The van der Waals surface area contributed by atoms with Crippen molar-refractivity contribution in [2.24, 2.45) is 0 Å². The van der Waals surface area contributed by atoms with Gasteiger partial charge in [-0.15, -0.1) is 10.2 Å². The number of hydrogen-bond acceptors (Lipinski definition) is 7. The minimum Gasteiger partial charge on any atom is -0.507 e. The van der Waals surface area contributed by atoms with E-state index >= 15 is 0 Å². The van der Waals surface area contributed by atoms with Crippen LogP contribution >= 0.6 is 50.6 Å². The Balaban J connectivity index is 1.53. The standard InChI is InChI=1S/C27H19BrClN3O3S2/c1-15-5-9-17(10-6-15)23(33)21-22(18-3-2-4-19(28)13-18)32(25(35)24(21)34)26-30-31-27(37-26)36-14-16-7-11-20(29)12-8-16/h2-13,22,33H,14H2,1H3/b23-21-. The van der Waals surface area contributed by atoms with Gasteiger partial charge >= 0.3 is 5.91 Å². The Labute approximate surface area is 235 Å². The van der Waals surface area contributed by atoms with E-state index in [1.54, 1.807) is 12.1 Å². The SMILES string of the molecule is Cc1ccc(/C(O)=C2/C(=O)C(=O)N(c3nnc(SCc4ccc(Cl)cc4)s3)C2c2cccc(Br)c2)cc1. The maximum atomic E-state index is 13.3. The summed E-state index contributed by atoms with van der Waals surface area (Å²) in [6.45, 7) is 1.93. The number of aryl methyl sites for hydroxylation is 1. The molecule has 1 N–H and O–H groups in total. The van der Waals surface area contributed by atoms with Crippen LogP contribution in [0.1, 0.15) is 28.3 Å². The summed E-state index contributed by atoms with van der Waals surface area (Å²) in [5.74, 6) is -1.11. The monoisotopic (exact) mass is 611 g/mol. The molecule has 1 unspecified atom stereocenters. The van der Waals surface area contributed by atoms with E-state index in [1.165, 1.54) is 28.0 Å². The molecule has 10 heteroatoms. The van der Waals surface area contributed by atoms with E-state index in [0.717, 1.165) is 15.6 Å². The number of nitrogens with zero attached hydrogens (tertiary/aromatic N) is 3. The van der Waals surface area contributed by atoms with Gasteiger partial charge in [-0.05, 0) is 42.3 Å². The topological polar surface area (TPSA) is 83.4 Å². The molecule has 186 valence electrons. The van der Waals surface area contributed by atoms with Gasteiger partial charge < -0.3 is 5.11 Å². The molecular formula is C27H19BrClN3O3S2. The van der Waals surface area contributed by atoms with E-state index in [9.17, 15) is 14.7 Å². The third-order valence-corrected chi connectivity index (χ3v) is 8.68.